The maximum absolute atomic E-state index is 11.5. The molecule has 1 aliphatic rings. The molecule has 15 heavy (non-hydrogen) atoms. The molecule has 4 atom stereocenters. The third-order valence-corrected chi connectivity index (χ3v) is 3.13. The lowest BCUT2D eigenvalue weighted by atomic mass is 9.90. The first-order valence-corrected chi connectivity index (χ1v) is 5.60. The number of hydrogen-bond donors (Lipinski definition) is 1. The second-order valence-electron chi connectivity index (χ2n) is 4.36. The van der Waals surface area contributed by atoms with E-state index >= 15 is 0 Å². The summed E-state index contributed by atoms with van der Waals surface area (Å²) in [7, 11) is 0. The van der Waals surface area contributed by atoms with Gasteiger partial charge in [-0.05, 0) is 18.3 Å². The fraction of sp³-hybridized carbons (Fsp3) is 0.909. The number of carbonyl (C=O) groups is 1. The molecule has 0 amide bonds. The lowest BCUT2D eigenvalue weighted by Crippen LogP contribution is -2.38. The van der Waals surface area contributed by atoms with Gasteiger partial charge < -0.3 is 15.2 Å². The molecule has 1 fully saturated rings. The summed E-state index contributed by atoms with van der Waals surface area (Å²) < 4.78 is 10.8. The van der Waals surface area contributed by atoms with Gasteiger partial charge in [0, 0.05) is 6.61 Å². The number of hydrogen-bond acceptors (Lipinski definition) is 4. The Morgan fingerprint density at radius 2 is 2.07 bits per heavy atom. The summed E-state index contributed by atoms with van der Waals surface area (Å²) >= 11 is 0. The van der Waals surface area contributed by atoms with Crippen LogP contribution < -0.4 is 5.73 Å². The number of esters is 1. The predicted octanol–water partition coefficient (Wildman–Crippen LogP) is 0.938. The van der Waals surface area contributed by atoms with Crippen molar-refractivity contribution in [1.82, 2.24) is 0 Å². The Kier molecular flexibility index (Phi) is 4.54. The molecular weight excluding hydrogens is 194 g/mol. The molecule has 0 radical (unpaired) electrons. The molecule has 0 aromatic heterocycles. The van der Waals surface area contributed by atoms with E-state index in [-0.39, 0.29) is 18.7 Å². The van der Waals surface area contributed by atoms with Gasteiger partial charge in [-0.25, -0.2) is 0 Å². The molecule has 0 bridgehead atoms. The van der Waals surface area contributed by atoms with Crippen molar-refractivity contribution in [3.63, 3.8) is 0 Å². The van der Waals surface area contributed by atoms with E-state index in [1.165, 1.54) is 0 Å². The van der Waals surface area contributed by atoms with Crippen LogP contribution in [0.4, 0.5) is 0 Å². The number of ether oxygens (including phenoxy) is 2. The normalized spacial score (nSPS) is 38.8. The Bertz CT molecular complexity index is 220. The van der Waals surface area contributed by atoms with Crippen molar-refractivity contribution in [3.8, 4) is 0 Å². The van der Waals surface area contributed by atoms with E-state index in [4.69, 9.17) is 15.2 Å². The Labute approximate surface area is 91.1 Å². The molecule has 4 unspecified atom stereocenters. The minimum atomic E-state index is -0.642. The quantitative estimate of drug-likeness (QED) is 0.661. The lowest BCUT2D eigenvalue weighted by molar-refractivity contribution is -0.153. The average Bonchev–Trinajstić information content (AvgIpc) is 2.26. The Morgan fingerprint density at radius 3 is 2.67 bits per heavy atom. The number of nitrogens with two attached hydrogens (primary N) is 1. The molecular formula is C11H21NO3. The van der Waals surface area contributed by atoms with Gasteiger partial charge >= 0.3 is 5.97 Å². The first kappa shape index (κ1) is 12.5. The SMILES string of the molecule is CCC1OC(=O)C(N)COCC(C)C1C. The van der Waals surface area contributed by atoms with Crippen molar-refractivity contribution in [1.29, 1.82) is 0 Å². The van der Waals surface area contributed by atoms with Gasteiger partial charge in [0.25, 0.3) is 0 Å². The number of carbonyl (C=O) groups excluding carboxylic acids is 1. The lowest BCUT2D eigenvalue weighted by Gasteiger charge is -2.26. The van der Waals surface area contributed by atoms with Gasteiger partial charge in [-0.1, -0.05) is 20.8 Å². The molecule has 1 saturated heterocycles. The van der Waals surface area contributed by atoms with Crippen LogP contribution in [0.25, 0.3) is 0 Å². The van der Waals surface area contributed by atoms with Gasteiger partial charge in [-0.15, -0.1) is 0 Å². The van der Waals surface area contributed by atoms with Crippen LogP contribution in [-0.2, 0) is 14.3 Å². The minimum absolute atomic E-state index is 0.0414. The van der Waals surface area contributed by atoms with Crippen LogP contribution in [0.15, 0.2) is 0 Å². The molecule has 0 spiro atoms. The van der Waals surface area contributed by atoms with E-state index in [2.05, 4.69) is 13.8 Å². The molecule has 88 valence electrons. The van der Waals surface area contributed by atoms with Gasteiger partial charge in [0.2, 0.25) is 0 Å². The highest BCUT2D eigenvalue weighted by Crippen LogP contribution is 2.22. The summed E-state index contributed by atoms with van der Waals surface area (Å²) in [6, 6.07) is -0.642. The second-order valence-corrected chi connectivity index (χ2v) is 4.36. The maximum atomic E-state index is 11.5. The molecule has 4 nitrogen and oxygen atoms in total. The fourth-order valence-electron chi connectivity index (χ4n) is 1.77. The predicted molar refractivity (Wildman–Crippen MR) is 57.3 cm³/mol. The zero-order valence-corrected chi connectivity index (χ0v) is 9.73. The Balaban J connectivity index is 2.72. The van der Waals surface area contributed by atoms with Crippen LogP contribution in [0.3, 0.4) is 0 Å². The van der Waals surface area contributed by atoms with Gasteiger partial charge in [-0.3, -0.25) is 4.79 Å². The van der Waals surface area contributed by atoms with E-state index < -0.39 is 6.04 Å². The third kappa shape index (κ3) is 3.18. The summed E-state index contributed by atoms with van der Waals surface area (Å²) in [5.41, 5.74) is 5.63. The second kappa shape index (κ2) is 5.47. The van der Waals surface area contributed by atoms with Gasteiger partial charge in [0.15, 0.2) is 0 Å². The summed E-state index contributed by atoms with van der Waals surface area (Å²) in [6.45, 7) is 7.12. The number of rotatable bonds is 1. The highest BCUT2D eigenvalue weighted by atomic mass is 16.6. The molecule has 2 N–H and O–H groups in total. The van der Waals surface area contributed by atoms with Crippen molar-refractivity contribution >= 4 is 5.97 Å². The van der Waals surface area contributed by atoms with Crippen molar-refractivity contribution in [3.05, 3.63) is 0 Å². The standard InChI is InChI=1S/C11H21NO3/c1-4-10-8(3)7(2)5-14-6-9(12)11(13)15-10/h7-10H,4-6,12H2,1-3H3. The Morgan fingerprint density at radius 1 is 1.40 bits per heavy atom. The Hall–Kier alpha value is -0.610. The van der Waals surface area contributed by atoms with E-state index in [9.17, 15) is 4.79 Å². The average molecular weight is 215 g/mol. The van der Waals surface area contributed by atoms with Crippen molar-refractivity contribution in [2.24, 2.45) is 17.6 Å². The van der Waals surface area contributed by atoms with Crippen molar-refractivity contribution in [2.75, 3.05) is 13.2 Å². The fourth-order valence-corrected chi connectivity index (χ4v) is 1.77. The molecule has 4 heteroatoms. The topological polar surface area (TPSA) is 61.5 Å². The highest BCUT2D eigenvalue weighted by molar-refractivity contribution is 5.75. The molecule has 1 rings (SSSR count). The van der Waals surface area contributed by atoms with Crippen molar-refractivity contribution < 1.29 is 14.3 Å². The van der Waals surface area contributed by atoms with Crippen LogP contribution in [0, 0.1) is 11.8 Å². The van der Waals surface area contributed by atoms with Gasteiger partial charge in [0.1, 0.15) is 12.1 Å². The van der Waals surface area contributed by atoms with E-state index in [0.29, 0.717) is 18.4 Å². The summed E-state index contributed by atoms with van der Waals surface area (Å²) in [4.78, 5) is 11.5. The molecule has 0 saturated carbocycles. The highest BCUT2D eigenvalue weighted by Gasteiger charge is 2.29. The first-order valence-electron chi connectivity index (χ1n) is 5.60. The van der Waals surface area contributed by atoms with E-state index in [0.717, 1.165) is 6.42 Å². The summed E-state index contributed by atoms with van der Waals surface area (Å²) in [5, 5.41) is 0. The molecule has 0 aromatic carbocycles. The van der Waals surface area contributed by atoms with Crippen LogP contribution in [0.2, 0.25) is 0 Å². The van der Waals surface area contributed by atoms with Crippen LogP contribution >= 0.6 is 0 Å². The molecule has 0 aromatic rings. The zero-order valence-electron chi connectivity index (χ0n) is 9.73. The maximum Gasteiger partial charge on any atom is 0.325 e. The zero-order chi connectivity index (χ0) is 11.4. The molecule has 1 heterocycles. The van der Waals surface area contributed by atoms with Crippen molar-refractivity contribution in [2.45, 2.75) is 39.3 Å². The third-order valence-electron chi connectivity index (χ3n) is 3.13. The molecule has 0 aliphatic carbocycles. The van der Waals surface area contributed by atoms with Crippen LogP contribution in [0.1, 0.15) is 27.2 Å². The minimum Gasteiger partial charge on any atom is -0.461 e. The largest absolute Gasteiger partial charge is 0.461 e. The molecule has 1 aliphatic heterocycles. The number of cyclic esters (lactones) is 1. The van der Waals surface area contributed by atoms with Gasteiger partial charge in [-0.2, -0.15) is 0 Å². The van der Waals surface area contributed by atoms with Gasteiger partial charge in [0.05, 0.1) is 6.61 Å². The first-order chi connectivity index (χ1) is 7.06. The monoisotopic (exact) mass is 215 g/mol. The van der Waals surface area contributed by atoms with E-state index in [1.807, 2.05) is 6.92 Å². The van der Waals surface area contributed by atoms with Crippen LogP contribution in [0.5, 0.6) is 0 Å². The van der Waals surface area contributed by atoms with E-state index in [1.54, 1.807) is 0 Å². The smallest absolute Gasteiger partial charge is 0.325 e. The summed E-state index contributed by atoms with van der Waals surface area (Å²) in [6.07, 6.45) is 0.782. The van der Waals surface area contributed by atoms with Crippen LogP contribution in [-0.4, -0.2) is 31.3 Å². The summed E-state index contributed by atoms with van der Waals surface area (Å²) in [5.74, 6) is 0.347.